The predicted octanol–water partition coefficient (Wildman–Crippen LogP) is 19.2. The SMILES string of the molecule is Cc1ccc(N(c2ccc3c(-c4ccc5ccccc5c4)c4cc(N(c5ccc(C)cc5)c5cccc6ccccc56)ccc4c(C4=Cc5ccccc5CC4)c3c2)c2cccc3ccccc23)cc1. The third-order valence-electron chi connectivity index (χ3n) is 14.6. The van der Waals surface area contributed by atoms with Gasteiger partial charge in [-0.2, -0.15) is 0 Å². The van der Waals surface area contributed by atoms with Gasteiger partial charge >= 0.3 is 0 Å². The first-order valence-corrected chi connectivity index (χ1v) is 24.5. The van der Waals surface area contributed by atoms with E-state index in [0.29, 0.717) is 0 Å². The zero-order valence-corrected chi connectivity index (χ0v) is 39.4. The topological polar surface area (TPSA) is 6.48 Å². The first-order chi connectivity index (χ1) is 34.5. The van der Waals surface area contributed by atoms with Crippen molar-refractivity contribution in [3.05, 3.63) is 264 Å². The number of benzene rings is 12. The molecule has 0 aliphatic heterocycles. The number of fused-ring (bicyclic) bond motifs is 6. The van der Waals surface area contributed by atoms with Gasteiger partial charge in [0.1, 0.15) is 0 Å². The van der Waals surface area contributed by atoms with E-state index in [1.165, 1.54) is 98.4 Å². The molecule has 13 rings (SSSR count). The maximum Gasteiger partial charge on any atom is 0.0540 e. The van der Waals surface area contributed by atoms with Gasteiger partial charge < -0.3 is 9.80 Å². The van der Waals surface area contributed by atoms with Crippen LogP contribution in [0.5, 0.6) is 0 Å². The van der Waals surface area contributed by atoms with E-state index in [-0.39, 0.29) is 0 Å². The van der Waals surface area contributed by atoms with Crippen molar-refractivity contribution in [3.63, 3.8) is 0 Å². The summed E-state index contributed by atoms with van der Waals surface area (Å²) in [7, 11) is 0. The van der Waals surface area contributed by atoms with Gasteiger partial charge in [0.15, 0.2) is 0 Å². The van der Waals surface area contributed by atoms with E-state index < -0.39 is 0 Å². The minimum absolute atomic E-state index is 0.943. The lowest BCUT2D eigenvalue weighted by molar-refractivity contribution is 1.00. The summed E-state index contributed by atoms with van der Waals surface area (Å²) < 4.78 is 0. The lowest BCUT2D eigenvalue weighted by Crippen LogP contribution is -2.11. The number of nitrogens with zero attached hydrogens (tertiary/aromatic N) is 2. The first kappa shape index (κ1) is 41.5. The summed E-state index contributed by atoms with van der Waals surface area (Å²) in [6.07, 6.45) is 4.41. The van der Waals surface area contributed by atoms with Crippen molar-refractivity contribution in [2.75, 3.05) is 9.80 Å². The van der Waals surface area contributed by atoms with Gasteiger partial charge in [-0.15, -0.1) is 0 Å². The second-order valence-electron chi connectivity index (χ2n) is 19.0. The van der Waals surface area contributed by atoms with E-state index in [1.807, 2.05) is 0 Å². The Hall–Kier alpha value is -8.72. The van der Waals surface area contributed by atoms with Crippen molar-refractivity contribution >= 4 is 99.6 Å². The van der Waals surface area contributed by atoms with Gasteiger partial charge in [-0.05, 0) is 170 Å². The van der Waals surface area contributed by atoms with Gasteiger partial charge in [-0.1, -0.05) is 187 Å². The fourth-order valence-corrected chi connectivity index (χ4v) is 11.2. The van der Waals surface area contributed by atoms with Crippen LogP contribution in [-0.4, -0.2) is 0 Å². The lowest BCUT2D eigenvalue weighted by Gasteiger charge is -2.30. The van der Waals surface area contributed by atoms with Crippen molar-refractivity contribution in [1.29, 1.82) is 0 Å². The van der Waals surface area contributed by atoms with Crippen LogP contribution in [0.3, 0.4) is 0 Å². The average molecular weight is 895 g/mol. The van der Waals surface area contributed by atoms with Crippen LogP contribution in [-0.2, 0) is 6.42 Å². The molecular weight excluding hydrogens is 845 g/mol. The summed E-state index contributed by atoms with van der Waals surface area (Å²) in [5.74, 6) is 0. The molecule has 0 bridgehead atoms. The summed E-state index contributed by atoms with van der Waals surface area (Å²) >= 11 is 0. The summed E-state index contributed by atoms with van der Waals surface area (Å²) in [5.41, 5.74) is 17.0. The Morgan fingerprint density at radius 1 is 0.314 bits per heavy atom. The Morgan fingerprint density at radius 2 is 0.800 bits per heavy atom. The summed E-state index contributed by atoms with van der Waals surface area (Å²) in [6, 6.07) is 88.1. The first-order valence-electron chi connectivity index (χ1n) is 24.5. The molecular formula is C68H50N2. The third-order valence-corrected chi connectivity index (χ3v) is 14.6. The molecule has 70 heavy (non-hydrogen) atoms. The molecule has 0 heterocycles. The molecule has 12 aromatic carbocycles. The number of allylic oxidation sites excluding steroid dienone is 1. The van der Waals surface area contributed by atoms with E-state index in [2.05, 4.69) is 266 Å². The van der Waals surface area contributed by atoms with Crippen molar-refractivity contribution < 1.29 is 0 Å². The quantitative estimate of drug-likeness (QED) is 0.140. The summed E-state index contributed by atoms with van der Waals surface area (Å²) in [5, 5.41) is 12.3. The number of rotatable bonds is 8. The molecule has 0 saturated heterocycles. The van der Waals surface area contributed by atoms with Gasteiger partial charge in [0.05, 0.1) is 11.4 Å². The average Bonchev–Trinajstić information content (AvgIpc) is 3.41. The Morgan fingerprint density at radius 3 is 1.41 bits per heavy atom. The van der Waals surface area contributed by atoms with Crippen molar-refractivity contribution in [2.45, 2.75) is 26.7 Å². The van der Waals surface area contributed by atoms with E-state index in [0.717, 1.165) is 47.0 Å². The Bertz CT molecular complexity index is 4020. The maximum absolute atomic E-state index is 2.49. The summed E-state index contributed by atoms with van der Waals surface area (Å²) in [6.45, 7) is 4.33. The van der Waals surface area contributed by atoms with E-state index in [1.54, 1.807) is 0 Å². The molecule has 332 valence electrons. The van der Waals surface area contributed by atoms with Crippen molar-refractivity contribution in [1.82, 2.24) is 0 Å². The molecule has 1 aliphatic rings. The molecule has 0 amide bonds. The summed E-state index contributed by atoms with van der Waals surface area (Å²) in [4.78, 5) is 4.92. The van der Waals surface area contributed by atoms with Gasteiger partial charge in [-0.3, -0.25) is 0 Å². The molecule has 0 spiro atoms. The number of anilines is 6. The molecule has 0 N–H and O–H groups in total. The number of aryl methyl sites for hydroxylation is 3. The zero-order chi connectivity index (χ0) is 46.7. The Balaban J connectivity index is 1.15. The van der Waals surface area contributed by atoms with Crippen LogP contribution in [0.15, 0.2) is 237 Å². The second-order valence-corrected chi connectivity index (χ2v) is 19.0. The second kappa shape index (κ2) is 17.1. The van der Waals surface area contributed by atoms with Crippen LogP contribution in [0.25, 0.3) is 76.6 Å². The smallest absolute Gasteiger partial charge is 0.0540 e. The number of hydrogen-bond acceptors (Lipinski definition) is 2. The molecule has 0 aromatic heterocycles. The highest BCUT2D eigenvalue weighted by atomic mass is 15.1. The molecule has 0 saturated carbocycles. The lowest BCUT2D eigenvalue weighted by atomic mass is 9.81. The molecule has 0 fully saturated rings. The Kier molecular flexibility index (Phi) is 10.1. The maximum atomic E-state index is 2.49. The van der Waals surface area contributed by atoms with Gasteiger partial charge in [0, 0.05) is 33.5 Å². The highest BCUT2D eigenvalue weighted by molar-refractivity contribution is 6.22. The molecule has 2 heteroatoms. The van der Waals surface area contributed by atoms with Crippen LogP contribution < -0.4 is 9.80 Å². The van der Waals surface area contributed by atoms with Crippen molar-refractivity contribution in [2.24, 2.45) is 0 Å². The highest BCUT2D eigenvalue weighted by Gasteiger charge is 2.25. The van der Waals surface area contributed by atoms with Crippen LogP contribution in [0.2, 0.25) is 0 Å². The monoisotopic (exact) mass is 894 g/mol. The fourth-order valence-electron chi connectivity index (χ4n) is 11.2. The van der Waals surface area contributed by atoms with Crippen LogP contribution in [0.1, 0.15) is 34.2 Å². The molecule has 12 aromatic rings. The van der Waals surface area contributed by atoms with Crippen LogP contribution in [0.4, 0.5) is 34.1 Å². The number of hydrogen-bond donors (Lipinski definition) is 0. The fraction of sp³-hybridized carbons (Fsp3) is 0.0588. The predicted molar refractivity (Wildman–Crippen MR) is 301 cm³/mol. The third kappa shape index (κ3) is 7.20. The molecule has 2 nitrogen and oxygen atoms in total. The van der Waals surface area contributed by atoms with Gasteiger partial charge in [0.2, 0.25) is 0 Å². The normalized spacial score (nSPS) is 12.4. The standard InChI is InChI=1S/C68H50N2/c1-45-25-33-55(34-26-45)69(65-23-11-19-49-15-7-9-21-59(49)65)57-37-39-61-63(43-57)67(53-31-29-47-13-3-5-17-51(47)41-53)62-40-38-58(44-64(62)68(61)54-32-30-48-14-4-6-18-52(48)42-54)70(56-35-27-46(2)28-36-56)66-24-12-20-50-16-8-10-22-60(50)66/h3-29,31,33-44H,30,32H2,1-2H3. The van der Waals surface area contributed by atoms with E-state index in [4.69, 9.17) is 0 Å². The minimum atomic E-state index is 0.943. The van der Waals surface area contributed by atoms with E-state index >= 15 is 0 Å². The largest absolute Gasteiger partial charge is 0.310 e. The highest BCUT2D eigenvalue weighted by Crippen LogP contribution is 2.50. The molecule has 1 aliphatic carbocycles. The van der Waals surface area contributed by atoms with Crippen molar-refractivity contribution in [3.8, 4) is 11.1 Å². The van der Waals surface area contributed by atoms with E-state index in [9.17, 15) is 0 Å². The van der Waals surface area contributed by atoms with Gasteiger partial charge in [-0.25, -0.2) is 0 Å². The minimum Gasteiger partial charge on any atom is -0.310 e. The molecule has 0 unspecified atom stereocenters. The molecule has 0 radical (unpaired) electrons. The molecule has 0 atom stereocenters. The zero-order valence-electron chi connectivity index (χ0n) is 39.4. The Labute approximate surface area is 409 Å². The van der Waals surface area contributed by atoms with Gasteiger partial charge in [0.25, 0.3) is 0 Å². The van der Waals surface area contributed by atoms with Crippen LogP contribution in [0, 0.1) is 13.8 Å². The van der Waals surface area contributed by atoms with Crippen LogP contribution >= 0.6 is 0 Å².